The van der Waals surface area contributed by atoms with E-state index < -0.39 is 0 Å². The van der Waals surface area contributed by atoms with Crippen molar-refractivity contribution >= 4 is 0 Å². The maximum absolute atomic E-state index is 5.71. The molecule has 21 heavy (non-hydrogen) atoms. The Kier molecular flexibility index (Phi) is 3.93. The summed E-state index contributed by atoms with van der Waals surface area (Å²) in [4.78, 5) is 4.16. The molecule has 2 aromatic carbocycles. The molecule has 0 amide bonds. The molecule has 3 rings (SSSR count). The fraction of sp³-hybridized carbons (Fsp3) is 0.125. The van der Waals surface area contributed by atoms with Crippen molar-refractivity contribution in [3.8, 4) is 11.7 Å². The third-order valence-electron chi connectivity index (χ3n) is 3.19. The fourth-order valence-electron chi connectivity index (χ4n) is 2.06. The first-order valence-electron chi connectivity index (χ1n) is 6.73. The minimum Gasteiger partial charge on any atom is -0.458 e. The van der Waals surface area contributed by atoms with Gasteiger partial charge in [-0.2, -0.15) is 4.98 Å². The van der Waals surface area contributed by atoms with Crippen LogP contribution in [-0.2, 0) is 13.2 Å². The maximum atomic E-state index is 5.71. The molecule has 0 bridgehead atoms. The fourth-order valence-corrected chi connectivity index (χ4v) is 2.06. The van der Waals surface area contributed by atoms with Crippen molar-refractivity contribution in [1.82, 2.24) is 14.8 Å². The summed E-state index contributed by atoms with van der Waals surface area (Å²) >= 11 is 0. The summed E-state index contributed by atoms with van der Waals surface area (Å²) in [5.74, 6) is 0. The maximum Gasteiger partial charge on any atom is 0.336 e. The van der Waals surface area contributed by atoms with Gasteiger partial charge in [0.25, 0.3) is 0 Å². The van der Waals surface area contributed by atoms with Crippen LogP contribution in [0.15, 0.2) is 60.9 Å². The van der Waals surface area contributed by atoms with Crippen LogP contribution in [0.25, 0.3) is 5.69 Å². The molecule has 0 aliphatic rings. The van der Waals surface area contributed by atoms with E-state index in [-0.39, 0.29) is 0 Å². The van der Waals surface area contributed by atoms with Crippen molar-refractivity contribution in [1.29, 1.82) is 0 Å². The Morgan fingerprint density at radius 3 is 2.43 bits per heavy atom. The normalized spacial score (nSPS) is 10.5. The Morgan fingerprint density at radius 1 is 0.952 bits per heavy atom. The molecule has 0 atom stereocenters. The van der Waals surface area contributed by atoms with Crippen molar-refractivity contribution in [2.75, 3.05) is 0 Å². The number of aromatic nitrogens is 3. The largest absolute Gasteiger partial charge is 0.458 e. The molecular weight excluding hydrogens is 264 g/mol. The molecule has 0 radical (unpaired) electrons. The number of hydrogen-bond acceptors (Lipinski definition) is 4. The number of nitrogens with zero attached hydrogens (tertiary/aromatic N) is 3. The topological polar surface area (TPSA) is 66.0 Å². The second kappa shape index (κ2) is 6.19. The zero-order valence-corrected chi connectivity index (χ0v) is 11.5. The molecule has 1 aromatic heterocycles. The van der Waals surface area contributed by atoms with Crippen LogP contribution in [0.4, 0.5) is 0 Å². The van der Waals surface area contributed by atoms with E-state index in [1.54, 1.807) is 11.0 Å². The lowest BCUT2D eigenvalue weighted by Crippen LogP contribution is -2.05. The van der Waals surface area contributed by atoms with Crippen LogP contribution in [0, 0.1) is 0 Å². The van der Waals surface area contributed by atoms with Crippen LogP contribution in [0.3, 0.4) is 0 Å². The number of para-hydroxylation sites is 1. The van der Waals surface area contributed by atoms with Gasteiger partial charge in [-0.3, -0.25) is 0 Å². The monoisotopic (exact) mass is 280 g/mol. The van der Waals surface area contributed by atoms with E-state index in [0.29, 0.717) is 19.2 Å². The number of rotatable bonds is 5. The molecule has 0 saturated heterocycles. The molecule has 0 spiro atoms. The van der Waals surface area contributed by atoms with Gasteiger partial charge in [-0.1, -0.05) is 42.5 Å². The van der Waals surface area contributed by atoms with Crippen LogP contribution >= 0.6 is 0 Å². The summed E-state index contributed by atoms with van der Waals surface area (Å²) in [5.41, 5.74) is 8.78. The van der Waals surface area contributed by atoms with Crippen LogP contribution in [0.2, 0.25) is 0 Å². The highest BCUT2D eigenvalue weighted by atomic mass is 16.5. The Hall–Kier alpha value is -2.66. The number of nitrogens with two attached hydrogens (primary N) is 1. The van der Waals surface area contributed by atoms with E-state index in [2.05, 4.69) is 10.1 Å². The molecule has 2 N–H and O–H groups in total. The minimum absolute atomic E-state index is 0.352. The van der Waals surface area contributed by atoms with Gasteiger partial charge in [0.2, 0.25) is 0 Å². The molecule has 5 nitrogen and oxygen atoms in total. The molecule has 0 saturated carbocycles. The first-order valence-corrected chi connectivity index (χ1v) is 6.73. The van der Waals surface area contributed by atoms with Crippen molar-refractivity contribution < 1.29 is 4.74 Å². The summed E-state index contributed by atoms with van der Waals surface area (Å²) in [6.07, 6.45) is 1.64. The van der Waals surface area contributed by atoms with Gasteiger partial charge >= 0.3 is 6.01 Å². The smallest absolute Gasteiger partial charge is 0.336 e. The van der Waals surface area contributed by atoms with E-state index >= 15 is 0 Å². The lowest BCUT2D eigenvalue weighted by Gasteiger charge is -2.07. The van der Waals surface area contributed by atoms with Gasteiger partial charge in [-0.05, 0) is 23.3 Å². The second-order valence-electron chi connectivity index (χ2n) is 4.57. The second-order valence-corrected chi connectivity index (χ2v) is 4.57. The number of ether oxygens (including phenoxy) is 1. The van der Waals surface area contributed by atoms with Gasteiger partial charge in [-0.25, -0.2) is 4.68 Å². The van der Waals surface area contributed by atoms with E-state index in [9.17, 15) is 0 Å². The lowest BCUT2D eigenvalue weighted by molar-refractivity contribution is 0.280. The van der Waals surface area contributed by atoms with Crippen LogP contribution in [0.5, 0.6) is 6.01 Å². The molecule has 0 fully saturated rings. The van der Waals surface area contributed by atoms with E-state index in [0.717, 1.165) is 16.8 Å². The van der Waals surface area contributed by atoms with Gasteiger partial charge in [0, 0.05) is 6.54 Å². The highest BCUT2D eigenvalue weighted by molar-refractivity contribution is 5.30. The van der Waals surface area contributed by atoms with Crippen molar-refractivity contribution in [3.63, 3.8) is 0 Å². The van der Waals surface area contributed by atoms with Crippen molar-refractivity contribution in [3.05, 3.63) is 72.1 Å². The van der Waals surface area contributed by atoms with Crippen LogP contribution in [-0.4, -0.2) is 14.8 Å². The lowest BCUT2D eigenvalue weighted by atomic mass is 10.1. The summed E-state index contributed by atoms with van der Waals surface area (Å²) < 4.78 is 7.32. The zero-order chi connectivity index (χ0) is 14.5. The van der Waals surface area contributed by atoms with Crippen LogP contribution in [0.1, 0.15) is 11.1 Å². The highest BCUT2D eigenvalue weighted by Crippen LogP contribution is 2.12. The molecule has 0 aliphatic heterocycles. The number of benzene rings is 2. The van der Waals surface area contributed by atoms with Gasteiger partial charge in [-0.15, -0.1) is 5.10 Å². The third-order valence-corrected chi connectivity index (χ3v) is 3.19. The summed E-state index contributed by atoms with van der Waals surface area (Å²) in [7, 11) is 0. The van der Waals surface area contributed by atoms with Crippen molar-refractivity contribution in [2.24, 2.45) is 5.73 Å². The first-order chi connectivity index (χ1) is 10.4. The van der Waals surface area contributed by atoms with E-state index in [4.69, 9.17) is 10.5 Å². The Bertz CT molecular complexity index is 709. The number of hydrogen-bond donors (Lipinski definition) is 1. The van der Waals surface area contributed by atoms with Gasteiger partial charge in [0.15, 0.2) is 0 Å². The van der Waals surface area contributed by atoms with Crippen LogP contribution < -0.4 is 10.5 Å². The molecule has 5 heteroatoms. The van der Waals surface area contributed by atoms with Gasteiger partial charge < -0.3 is 10.5 Å². The first kappa shape index (κ1) is 13.3. The average molecular weight is 280 g/mol. The molecule has 3 aromatic rings. The Labute approximate surface area is 123 Å². The SMILES string of the molecule is NCc1ccccc1COc1ncn(-c2ccccc2)n1. The summed E-state index contributed by atoms with van der Waals surface area (Å²) in [5, 5.41) is 4.30. The Morgan fingerprint density at radius 2 is 1.67 bits per heavy atom. The predicted octanol–water partition coefficient (Wildman–Crippen LogP) is 2.31. The summed E-state index contributed by atoms with van der Waals surface area (Å²) in [6.45, 7) is 0.900. The molecule has 0 aliphatic carbocycles. The summed E-state index contributed by atoms with van der Waals surface area (Å²) in [6, 6.07) is 18.1. The van der Waals surface area contributed by atoms with Crippen molar-refractivity contribution in [2.45, 2.75) is 13.2 Å². The molecule has 0 unspecified atom stereocenters. The minimum atomic E-state index is 0.352. The molecular formula is C16H16N4O. The average Bonchev–Trinajstić information content (AvgIpc) is 3.03. The molecule has 1 heterocycles. The zero-order valence-electron chi connectivity index (χ0n) is 11.5. The van der Waals surface area contributed by atoms with E-state index in [1.807, 2.05) is 54.6 Å². The highest BCUT2D eigenvalue weighted by Gasteiger charge is 2.05. The third kappa shape index (κ3) is 3.09. The quantitative estimate of drug-likeness (QED) is 0.779. The van der Waals surface area contributed by atoms with Gasteiger partial charge in [0.1, 0.15) is 12.9 Å². The predicted molar refractivity (Wildman–Crippen MR) is 80.0 cm³/mol. The van der Waals surface area contributed by atoms with Gasteiger partial charge in [0.05, 0.1) is 5.69 Å². The van der Waals surface area contributed by atoms with E-state index in [1.165, 1.54) is 0 Å². The molecule has 106 valence electrons. The standard InChI is InChI=1S/C16H16N4O/c17-10-13-6-4-5-7-14(13)11-21-16-18-12-20(19-16)15-8-2-1-3-9-15/h1-9,12H,10-11,17H2. The Balaban J connectivity index is 1.71.